The van der Waals surface area contributed by atoms with E-state index >= 15 is 0 Å². The van der Waals surface area contributed by atoms with Crippen LogP contribution < -0.4 is 4.90 Å². The van der Waals surface area contributed by atoms with Crippen LogP contribution >= 0.6 is 0 Å². The molecular weight excluding hydrogens is 282 g/mol. The topological polar surface area (TPSA) is 29.0 Å². The number of nitrogens with zero attached hydrogens (tertiary/aromatic N) is 3. The van der Waals surface area contributed by atoms with Gasteiger partial charge in [0.2, 0.25) is 0 Å². The van der Waals surface area contributed by atoms with Crippen LogP contribution in [0.5, 0.6) is 0 Å². The molecule has 2 aromatic carbocycles. The summed E-state index contributed by atoms with van der Waals surface area (Å²) >= 11 is 0. The lowest BCUT2D eigenvalue weighted by atomic mass is 10.0. The maximum absolute atomic E-state index is 4.18. The van der Waals surface area contributed by atoms with Gasteiger partial charge in [-0.05, 0) is 41.0 Å². The van der Waals surface area contributed by atoms with Gasteiger partial charge in [0.15, 0.2) is 0 Å². The Balaban J connectivity index is 1.75. The molecule has 0 amide bonds. The molecule has 0 fully saturated rings. The summed E-state index contributed by atoms with van der Waals surface area (Å²) in [4.78, 5) is 10.2. The van der Waals surface area contributed by atoms with Crippen LogP contribution in [0.15, 0.2) is 67.1 Å². The van der Waals surface area contributed by atoms with Gasteiger partial charge in [-0.25, -0.2) is 9.97 Å². The number of rotatable bonds is 4. The van der Waals surface area contributed by atoms with Gasteiger partial charge in [-0.3, -0.25) is 0 Å². The lowest BCUT2D eigenvalue weighted by Gasteiger charge is -2.12. The summed E-state index contributed by atoms with van der Waals surface area (Å²) in [6.45, 7) is 0. The number of anilines is 1. The summed E-state index contributed by atoms with van der Waals surface area (Å²) < 4.78 is 0. The minimum atomic E-state index is 0.906. The summed E-state index contributed by atoms with van der Waals surface area (Å²) in [5.74, 6) is 0. The lowest BCUT2D eigenvalue weighted by molar-refractivity contribution is 1.13. The summed E-state index contributed by atoms with van der Waals surface area (Å²) in [5.41, 5.74) is 5.70. The van der Waals surface area contributed by atoms with Crippen LogP contribution in [-0.2, 0) is 0 Å². The highest BCUT2D eigenvalue weighted by molar-refractivity contribution is 5.71. The Morgan fingerprint density at radius 3 is 2.00 bits per heavy atom. The normalized spacial score (nSPS) is 10.9. The monoisotopic (exact) mass is 301 g/mol. The maximum Gasteiger partial charge on any atom is 0.115 e. The first-order valence-corrected chi connectivity index (χ1v) is 7.54. The SMILES string of the molecule is CN(C)c1ccc(-c2ccc(/C=C/c3ccncn3)cc2)cc1. The van der Waals surface area contributed by atoms with Crippen LogP contribution in [0, 0.1) is 0 Å². The Kier molecular flexibility index (Phi) is 4.48. The summed E-state index contributed by atoms with van der Waals surface area (Å²) in [6, 6.07) is 19.0. The smallest absolute Gasteiger partial charge is 0.115 e. The standard InChI is InChI=1S/C20H19N3/c1-23(2)20-11-8-18(9-12-20)17-6-3-16(4-7-17)5-10-19-13-14-21-15-22-19/h3-15H,1-2H3/b10-5+. The molecule has 1 heterocycles. The van der Waals surface area contributed by atoms with E-state index in [4.69, 9.17) is 0 Å². The molecule has 0 atom stereocenters. The molecule has 0 saturated heterocycles. The minimum absolute atomic E-state index is 0.906. The molecule has 3 rings (SSSR count). The lowest BCUT2D eigenvalue weighted by Crippen LogP contribution is -2.07. The van der Waals surface area contributed by atoms with Crippen molar-refractivity contribution in [3.05, 3.63) is 78.4 Å². The van der Waals surface area contributed by atoms with Crippen LogP contribution in [0.4, 0.5) is 5.69 Å². The summed E-state index contributed by atoms with van der Waals surface area (Å²) in [5, 5.41) is 0. The fourth-order valence-electron chi connectivity index (χ4n) is 2.32. The molecule has 0 saturated carbocycles. The molecule has 0 spiro atoms. The van der Waals surface area contributed by atoms with Crippen molar-refractivity contribution >= 4 is 17.8 Å². The van der Waals surface area contributed by atoms with E-state index < -0.39 is 0 Å². The zero-order chi connectivity index (χ0) is 16.1. The fraction of sp³-hybridized carbons (Fsp3) is 0.100. The maximum atomic E-state index is 4.18. The second-order valence-electron chi connectivity index (χ2n) is 5.53. The molecule has 0 bridgehead atoms. The van der Waals surface area contributed by atoms with Crippen molar-refractivity contribution in [3.8, 4) is 11.1 Å². The second-order valence-corrected chi connectivity index (χ2v) is 5.53. The summed E-state index contributed by atoms with van der Waals surface area (Å²) in [7, 11) is 4.10. The van der Waals surface area contributed by atoms with Crippen LogP contribution in [-0.4, -0.2) is 24.1 Å². The second kappa shape index (κ2) is 6.88. The number of hydrogen-bond acceptors (Lipinski definition) is 3. The van der Waals surface area contributed by atoms with Gasteiger partial charge >= 0.3 is 0 Å². The molecule has 3 nitrogen and oxygen atoms in total. The van der Waals surface area contributed by atoms with Crippen molar-refractivity contribution in [2.45, 2.75) is 0 Å². The van der Waals surface area contributed by atoms with Gasteiger partial charge in [0.1, 0.15) is 6.33 Å². The van der Waals surface area contributed by atoms with Gasteiger partial charge in [0.25, 0.3) is 0 Å². The van der Waals surface area contributed by atoms with E-state index in [-0.39, 0.29) is 0 Å². The van der Waals surface area contributed by atoms with Gasteiger partial charge in [0, 0.05) is 26.0 Å². The Labute approximate surface area is 137 Å². The molecule has 23 heavy (non-hydrogen) atoms. The molecule has 3 heteroatoms. The molecule has 3 aromatic rings. The van der Waals surface area contributed by atoms with E-state index in [2.05, 4.69) is 69.5 Å². The molecule has 0 aliphatic heterocycles. The van der Waals surface area contributed by atoms with E-state index in [1.807, 2.05) is 26.2 Å². The largest absolute Gasteiger partial charge is 0.378 e. The quantitative estimate of drug-likeness (QED) is 0.716. The first-order chi connectivity index (χ1) is 11.2. The van der Waals surface area contributed by atoms with E-state index in [1.165, 1.54) is 16.8 Å². The van der Waals surface area contributed by atoms with Crippen LogP contribution in [0.2, 0.25) is 0 Å². The zero-order valence-electron chi connectivity index (χ0n) is 13.3. The molecule has 114 valence electrons. The number of aromatic nitrogens is 2. The summed E-state index contributed by atoms with van der Waals surface area (Å²) in [6.07, 6.45) is 7.34. The fourth-order valence-corrected chi connectivity index (χ4v) is 2.32. The van der Waals surface area contributed by atoms with Crippen molar-refractivity contribution in [2.75, 3.05) is 19.0 Å². The molecule has 1 aromatic heterocycles. The third-order valence-electron chi connectivity index (χ3n) is 3.68. The molecule has 0 unspecified atom stereocenters. The zero-order valence-corrected chi connectivity index (χ0v) is 13.3. The Bertz CT molecular complexity index is 773. The first-order valence-electron chi connectivity index (χ1n) is 7.54. The van der Waals surface area contributed by atoms with Crippen molar-refractivity contribution in [1.29, 1.82) is 0 Å². The van der Waals surface area contributed by atoms with Gasteiger partial charge in [-0.1, -0.05) is 42.5 Å². The van der Waals surface area contributed by atoms with E-state index in [0.717, 1.165) is 11.3 Å². The Morgan fingerprint density at radius 1 is 0.783 bits per heavy atom. The highest BCUT2D eigenvalue weighted by Gasteiger charge is 1.99. The minimum Gasteiger partial charge on any atom is -0.378 e. The molecule has 0 aliphatic carbocycles. The van der Waals surface area contributed by atoms with E-state index in [1.54, 1.807) is 12.5 Å². The first kappa shape index (κ1) is 15.0. The van der Waals surface area contributed by atoms with E-state index in [9.17, 15) is 0 Å². The third-order valence-corrected chi connectivity index (χ3v) is 3.68. The highest BCUT2D eigenvalue weighted by Crippen LogP contribution is 2.23. The van der Waals surface area contributed by atoms with Crippen molar-refractivity contribution in [3.63, 3.8) is 0 Å². The van der Waals surface area contributed by atoms with Crippen LogP contribution in [0.1, 0.15) is 11.3 Å². The highest BCUT2D eigenvalue weighted by atomic mass is 15.1. The van der Waals surface area contributed by atoms with Crippen molar-refractivity contribution < 1.29 is 0 Å². The predicted molar refractivity (Wildman–Crippen MR) is 97.2 cm³/mol. The van der Waals surface area contributed by atoms with Crippen molar-refractivity contribution in [2.24, 2.45) is 0 Å². The van der Waals surface area contributed by atoms with Crippen LogP contribution in [0.3, 0.4) is 0 Å². The Morgan fingerprint density at radius 2 is 1.43 bits per heavy atom. The van der Waals surface area contributed by atoms with Crippen molar-refractivity contribution in [1.82, 2.24) is 9.97 Å². The number of benzene rings is 2. The molecular formula is C20H19N3. The average Bonchev–Trinajstić information content (AvgIpc) is 2.61. The Hall–Kier alpha value is -2.94. The molecule has 0 radical (unpaired) electrons. The van der Waals surface area contributed by atoms with Gasteiger partial charge in [-0.2, -0.15) is 0 Å². The number of hydrogen-bond donors (Lipinski definition) is 0. The van der Waals surface area contributed by atoms with Crippen LogP contribution in [0.25, 0.3) is 23.3 Å². The molecule has 0 N–H and O–H groups in total. The predicted octanol–water partition coefficient (Wildman–Crippen LogP) is 4.38. The van der Waals surface area contributed by atoms with Gasteiger partial charge in [-0.15, -0.1) is 0 Å². The van der Waals surface area contributed by atoms with Gasteiger partial charge < -0.3 is 4.90 Å². The van der Waals surface area contributed by atoms with Gasteiger partial charge in [0.05, 0.1) is 5.69 Å². The third kappa shape index (κ3) is 3.83. The average molecular weight is 301 g/mol. The molecule has 0 aliphatic rings. The van der Waals surface area contributed by atoms with E-state index in [0.29, 0.717) is 0 Å².